The van der Waals surface area contributed by atoms with Crippen molar-refractivity contribution in [2.45, 2.75) is 26.2 Å². The highest BCUT2D eigenvalue weighted by atomic mass is 32.1. The van der Waals surface area contributed by atoms with Crippen molar-refractivity contribution in [3.05, 3.63) is 28.5 Å². The van der Waals surface area contributed by atoms with Gasteiger partial charge >= 0.3 is 5.97 Å². The highest BCUT2D eigenvalue weighted by molar-refractivity contribution is 7.13. The molecule has 8 heteroatoms. The number of rotatable bonds is 6. The molecule has 0 bridgehead atoms. The van der Waals surface area contributed by atoms with Crippen molar-refractivity contribution < 1.29 is 14.7 Å². The van der Waals surface area contributed by atoms with Crippen LogP contribution in [0.15, 0.2) is 11.6 Å². The van der Waals surface area contributed by atoms with Crippen molar-refractivity contribution in [1.29, 1.82) is 0 Å². The highest BCUT2D eigenvalue weighted by Crippen LogP contribution is 2.18. The third-order valence-electron chi connectivity index (χ3n) is 2.67. The Hall–Kier alpha value is -2.22. The fourth-order valence-electron chi connectivity index (χ4n) is 1.64. The molecule has 3 N–H and O–H groups in total. The quantitative estimate of drug-likeness (QED) is 0.753. The molecule has 0 radical (unpaired) electrons. The number of nitrogens with one attached hydrogen (secondary N) is 2. The zero-order valence-corrected chi connectivity index (χ0v) is 11.7. The van der Waals surface area contributed by atoms with E-state index in [0.29, 0.717) is 29.2 Å². The van der Waals surface area contributed by atoms with Crippen molar-refractivity contribution in [1.82, 2.24) is 15.2 Å². The molecule has 0 atom stereocenters. The molecule has 0 aliphatic heterocycles. The van der Waals surface area contributed by atoms with Crippen LogP contribution in [0, 0.1) is 6.92 Å². The summed E-state index contributed by atoms with van der Waals surface area (Å²) in [6, 6.07) is 0. The molecule has 2 aromatic heterocycles. The molecule has 0 aliphatic rings. The van der Waals surface area contributed by atoms with E-state index in [9.17, 15) is 9.59 Å². The van der Waals surface area contributed by atoms with Crippen LogP contribution in [0.4, 0.5) is 5.13 Å². The van der Waals surface area contributed by atoms with Gasteiger partial charge in [0.2, 0.25) is 0 Å². The number of hydrogen-bond donors (Lipinski definition) is 3. The van der Waals surface area contributed by atoms with Crippen LogP contribution >= 0.6 is 11.3 Å². The third-order valence-corrected chi connectivity index (χ3v) is 3.48. The lowest BCUT2D eigenvalue weighted by molar-refractivity contribution is -0.137. The Labute approximate surface area is 119 Å². The van der Waals surface area contributed by atoms with Gasteiger partial charge in [-0.3, -0.25) is 20.0 Å². The molecule has 0 unspecified atom stereocenters. The van der Waals surface area contributed by atoms with Gasteiger partial charge in [0, 0.05) is 17.5 Å². The maximum absolute atomic E-state index is 11.9. The van der Waals surface area contributed by atoms with Gasteiger partial charge < -0.3 is 5.11 Å². The van der Waals surface area contributed by atoms with E-state index in [2.05, 4.69) is 20.5 Å². The monoisotopic (exact) mass is 294 g/mol. The second kappa shape index (κ2) is 6.29. The highest BCUT2D eigenvalue weighted by Gasteiger charge is 2.13. The van der Waals surface area contributed by atoms with Crippen LogP contribution in [0.1, 0.15) is 34.6 Å². The first kappa shape index (κ1) is 14.2. The van der Waals surface area contributed by atoms with E-state index in [1.807, 2.05) is 5.38 Å². The number of carbonyl (C=O) groups excluding carboxylic acids is 1. The van der Waals surface area contributed by atoms with Gasteiger partial charge in [-0.2, -0.15) is 5.10 Å². The summed E-state index contributed by atoms with van der Waals surface area (Å²) >= 11 is 1.32. The molecule has 7 nitrogen and oxygen atoms in total. The molecular weight excluding hydrogens is 280 g/mol. The van der Waals surface area contributed by atoms with E-state index >= 15 is 0 Å². The molecule has 106 valence electrons. The molecule has 0 saturated heterocycles. The fraction of sp³-hybridized carbons (Fsp3) is 0.333. The molecule has 1 amide bonds. The van der Waals surface area contributed by atoms with Gasteiger partial charge in [-0.05, 0) is 19.8 Å². The van der Waals surface area contributed by atoms with Crippen LogP contribution in [0.2, 0.25) is 0 Å². The fourth-order valence-corrected chi connectivity index (χ4v) is 2.38. The smallest absolute Gasteiger partial charge is 0.303 e. The van der Waals surface area contributed by atoms with Crippen LogP contribution in [-0.4, -0.2) is 32.2 Å². The Balaban J connectivity index is 1.91. The van der Waals surface area contributed by atoms with Gasteiger partial charge in [0.05, 0.1) is 17.5 Å². The van der Waals surface area contributed by atoms with Gasteiger partial charge in [-0.1, -0.05) is 0 Å². The first-order valence-electron chi connectivity index (χ1n) is 6.04. The van der Waals surface area contributed by atoms with Crippen LogP contribution in [0.25, 0.3) is 0 Å². The molecule has 0 saturated carbocycles. The molecule has 2 rings (SSSR count). The number of carbonyl (C=O) groups is 2. The lowest BCUT2D eigenvalue weighted by Gasteiger charge is -1.99. The first-order chi connectivity index (χ1) is 9.56. The van der Waals surface area contributed by atoms with Crippen molar-refractivity contribution in [2.75, 3.05) is 5.32 Å². The predicted molar refractivity (Wildman–Crippen MR) is 74.0 cm³/mol. The Morgan fingerprint density at radius 2 is 2.30 bits per heavy atom. The first-order valence-corrected chi connectivity index (χ1v) is 6.91. The Morgan fingerprint density at radius 1 is 1.50 bits per heavy atom. The average molecular weight is 294 g/mol. The third kappa shape index (κ3) is 3.64. The van der Waals surface area contributed by atoms with Gasteiger partial charge in [0.1, 0.15) is 0 Å². The van der Waals surface area contributed by atoms with Crippen molar-refractivity contribution >= 4 is 28.3 Å². The second-order valence-corrected chi connectivity index (χ2v) is 5.11. The topological polar surface area (TPSA) is 108 Å². The van der Waals surface area contributed by atoms with E-state index in [0.717, 1.165) is 5.69 Å². The van der Waals surface area contributed by atoms with Crippen molar-refractivity contribution in [3.63, 3.8) is 0 Å². The normalized spacial score (nSPS) is 10.4. The molecule has 0 aromatic carbocycles. The number of H-pyrrole nitrogens is 1. The molecule has 0 fully saturated rings. The summed E-state index contributed by atoms with van der Waals surface area (Å²) in [7, 11) is 0. The van der Waals surface area contributed by atoms with Crippen LogP contribution in [0.5, 0.6) is 0 Å². The second-order valence-electron chi connectivity index (χ2n) is 4.25. The molecular formula is C12H14N4O3S. The lowest BCUT2D eigenvalue weighted by Crippen LogP contribution is -2.12. The zero-order chi connectivity index (χ0) is 14.5. The number of nitrogens with zero attached hydrogens (tertiary/aromatic N) is 2. The van der Waals surface area contributed by atoms with Gasteiger partial charge in [-0.25, -0.2) is 4.98 Å². The summed E-state index contributed by atoms with van der Waals surface area (Å²) in [6.07, 6.45) is 2.70. The maximum Gasteiger partial charge on any atom is 0.303 e. The number of aromatic nitrogens is 3. The molecule has 20 heavy (non-hydrogen) atoms. The summed E-state index contributed by atoms with van der Waals surface area (Å²) in [5, 5.41) is 20.1. The number of aliphatic carboxylic acids is 1. The van der Waals surface area contributed by atoms with E-state index in [4.69, 9.17) is 5.11 Å². The largest absolute Gasteiger partial charge is 0.481 e. The van der Waals surface area contributed by atoms with E-state index < -0.39 is 5.97 Å². The summed E-state index contributed by atoms with van der Waals surface area (Å²) < 4.78 is 0. The zero-order valence-electron chi connectivity index (χ0n) is 10.8. The minimum atomic E-state index is -0.816. The van der Waals surface area contributed by atoms with E-state index in [1.165, 1.54) is 17.5 Å². The Morgan fingerprint density at radius 3 is 2.95 bits per heavy atom. The molecule has 0 aliphatic carbocycles. The van der Waals surface area contributed by atoms with Crippen LogP contribution < -0.4 is 5.32 Å². The van der Waals surface area contributed by atoms with Gasteiger partial charge in [-0.15, -0.1) is 11.3 Å². The average Bonchev–Trinajstić information content (AvgIpc) is 2.98. The summed E-state index contributed by atoms with van der Waals surface area (Å²) in [5.74, 6) is -1.08. The number of carboxylic acid groups (broad SMARTS) is 1. The molecule has 2 heterocycles. The van der Waals surface area contributed by atoms with Crippen LogP contribution in [0.3, 0.4) is 0 Å². The van der Waals surface area contributed by atoms with Gasteiger partial charge in [0.25, 0.3) is 5.91 Å². The molecule has 2 aromatic rings. The Kier molecular flexibility index (Phi) is 4.46. The number of anilines is 1. The number of aromatic amines is 1. The van der Waals surface area contributed by atoms with Gasteiger partial charge in [0.15, 0.2) is 5.13 Å². The number of carboxylic acids is 1. The van der Waals surface area contributed by atoms with Crippen LogP contribution in [-0.2, 0) is 11.2 Å². The number of amides is 1. The summed E-state index contributed by atoms with van der Waals surface area (Å²) in [4.78, 5) is 26.6. The number of aryl methyl sites for hydroxylation is 2. The maximum atomic E-state index is 11.9. The van der Waals surface area contributed by atoms with E-state index in [-0.39, 0.29) is 12.3 Å². The molecule has 0 spiro atoms. The predicted octanol–water partition coefficient (Wildman–Crippen LogP) is 1.83. The minimum Gasteiger partial charge on any atom is -0.481 e. The minimum absolute atomic E-state index is 0.118. The van der Waals surface area contributed by atoms with E-state index in [1.54, 1.807) is 6.92 Å². The Bertz CT molecular complexity index is 620. The van der Waals surface area contributed by atoms with Crippen molar-refractivity contribution in [2.24, 2.45) is 0 Å². The number of thiazole rings is 1. The van der Waals surface area contributed by atoms with Crippen molar-refractivity contribution in [3.8, 4) is 0 Å². The lowest BCUT2D eigenvalue weighted by atomic mass is 10.2. The number of hydrogen-bond acceptors (Lipinski definition) is 5. The summed E-state index contributed by atoms with van der Waals surface area (Å²) in [6.45, 7) is 1.76. The summed E-state index contributed by atoms with van der Waals surface area (Å²) in [5.41, 5.74) is 1.96. The standard InChI is InChI=1S/C12H14N4O3S/c1-7-9(5-13-16-7)11(19)15-12-14-8(6-20-12)3-2-4-10(17)18/h5-6H,2-4H2,1H3,(H,13,16)(H,17,18)(H,14,15,19). The SMILES string of the molecule is Cc1[nH]ncc1C(=O)Nc1nc(CCCC(=O)O)cs1.